The molecule has 28 heavy (non-hydrogen) atoms. The number of hydrogen-bond acceptors (Lipinski definition) is 2. The Morgan fingerprint density at radius 1 is 0.964 bits per heavy atom. The molecule has 4 atom stereocenters. The Labute approximate surface area is 168 Å². The number of carbonyl (C=O) groups is 1. The van der Waals surface area contributed by atoms with Crippen LogP contribution in [-0.4, -0.2) is 40.1 Å². The molecule has 2 aromatic carbocycles. The van der Waals surface area contributed by atoms with Crippen molar-refractivity contribution in [1.82, 2.24) is 9.80 Å². The lowest BCUT2D eigenvalue weighted by atomic mass is 9.91. The number of urea groups is 1. The van der Waals surface area contributed by atoms with E-state index in [1.165, 1.54) is 0 Å². The number of likely N-dealkylation sites (N-methyl/N-ethyl adjacent to an activating group) is 1. The SMILES string of the molecule is CC(C)C[C@H](CC(O)c1ccccc1)N1C(=O)N(C)[C@@H](C)[C@H]1c1ccccc1. The lowest BCUT2D eigenvalue weighted by Crippen LogP contribution is -2.41. The van der Waals surface area contributed by atoms with Gasteiger partial charge in [0.2, 0.25) is 0 Å². The van der Waals surface area contributed by atoms with E-state index in [-0.39, 0.29) is 24.2 Å². The molecule has 1 N–H and O–H groups in total. The topological polar surface area (TPSA) is 43.8 Å². The van der Waals surface area contributed by atoms with Gasteiger partial charge in [-0.2, -0.15) is 0 Å². The molecule has 4 nitrogen and oxygen atoms in total. The molecule has 1 heterocycles. The number of benzene rings is 2. The van der Waals surface area contributed by atoms with E-state index in [4.69, 9.17) is 0 Å². The van der Waals surface area contributed by atoms with E-state index in [1.807, 2.05) is 65.4 Å². The van der Waals surface area contributed by atoms with Gasteiger partial charge < -0.3 is 14.9 Å². The number of carbonyl (C=O) groups excluding carboxylic acids is 1. The molecule has 1 aliphatic heterocycles. The molecule has 2 amide bonds. The fourth-order valence-corrected chi connectivity index (χ4v) is 4.33. The second-order valence-corrected chi connectivity index (χ2v) is 8.34. The highest BCUT2D eigenvalue weighted by Crippen LogP contribution is 2.39. The van der Waals surface area contributed by atoms with Crippen molar-refractivity contribution in [3.8, 4) is 0 Å². The van der Waals surface area contributed by atoms with Gasteiger partial charge in [-0.25, -0.2) is 4.79 Å². The Morgan fingerprint density at radius 2 is 1.54 bits per heavy atom. The lowest BCUT2D eigenvalue weighted by molar-refractivity contribution is 0.0945. The monoisotopic (exact) mass is 380 g/mol. The zero-order valence-corrected chi connectivity index (χ0v) is 17.3. The highest BCUT2D eigenvalue weighted by Gasteiger charge is 2.45. The second-order valence-electron chi connectivity index (χ2n) is 8.34. The molecule has 1 saturated heterocycles. The van der Waals surface area contributed by atoms with E-state index in [0.717, 1.165) is 17.5 Å². The summed E-state index contributed by atoms with van der Waals surface area (Å²) in [6.07, 6.45) is 0.813. The van der Waals surface area contributed by atoms with Crippen LogP contribution in [0.3, 0.4) is 0 Å². The summed E-state index contributed by atoms with van der Waals surface area (Å²) in [7, 11) is 1.88. The summed E-state index contributed by atoms with van der Waals surface area (Å²) in [4.78, 5) is 17.1. The molecule has 0 spiro atoms. The molecule has 1 fully saturated rings. The molecule has 0 radical (unpaired) electrons. The van der Waals surface area contributed by atoms with Crippen LogP contribution >= 0.6 is 0 Å². The van der Waals surface area contributed by atoms with Crippen LogP contribution in [0.25, 0.3) is 0 Å². The number of aliphatic hydroxyl groups is 1. The number of rotatable bonds is 7. The minimum Gasteiger partial charge on any atom is -0.388 e. The standard InChI is InChI=1S/C24H32N2O2/c1-17(2)15-21(16-22(27)19-11-7-5-8-12-19)26-23(18(3)25(4)24(26)28)20-13-9-6-10-14-20/h5-14,17-18,21-23,27H,15-16H2,1-4H3/t18-,21+,22?,23-/m0/s1. The Kier molecular flexibility index (Phi) is 6.40. The first-order chi connectivity index (χ1) is 13.4. The molecule has 150 valence electrons. The van der Waals surface area contributed by atoms with Gasteiger partial charge in [0.1, 0.15) is 0 Å². The second kappa shape index (κ2) is 8.78. The van der Waals surface area contributed by atoms with Crippen molar-refractivity contribution in [2.24, 2.45) is 5.92 Å². The Hall–Kier alpha value is -2.33. The molecule has 3 rings (SSSR count). The highest BCUT2D eigenvalue weighted by atomic mass is 16.3. The summed E-state index contributed by atoms with van der Waals surface area (Å²) in [5, 5.41) is 10.9. The lowest BCUT2D eigenvalue weighted by Gasteiger charge is -2.35. The average Bonchev–Trinajstić information content (AvgIpc) is 2.92. The fourth-order valence-electron chi connectivity index (χ4n) is 4.33. The van der Waals surface area contributed by atoms with Crippen molar-refractivity contribution in [1.29, 1.82) is 0 Å². The Balaban J connectivity index is 1.93. The molecule has 0 saturated carbocycles. The first-order valence-electron chi connectivity index (χ1n) is 10.2. The van der Waals surface area contributed by atoms with Crippen LogP contribution in [0.15, 0.2) is 60.7 Å². The summed E-state index contributed by atoms with van der Waals surface area (Å²) in [5.74, 6) is 0.429. The maximum atomic E-state index is 13.2. The molecule has 4 heteroatoms. The minimum absolute atomic E-state index is 0.00887. The first kappa shape index (κ1) is 20.4. The van der Waals surface area contributed by atoms with Crippen molar-refractivity contribution in [2.45, 2.75) is 57.8 Å². The van der Waals surface area contributed by atoms with E-state index in [2.05, 4.69) is 32.9 Å². The van der Waals surface area contributed by atoms with Gasteiger partial charge >= 0.3 is 6.03 Å². The predicted molar refractivity (Wildman–Crippen MR) is 113 cm³/mol. The van der Waals surface area contributed by atoms with Crippen LogP contribution < -0.4 is 0 Å². The van der Waals surface area contributed by atoms with Gasteiger partial charge in [-0.3, -0.25) is 0 Å². The smallest absolute Gasteiger partial charge is 0.320 e. The summed E-state index contributed by atoms with van der Waals surface area (Å²) in [5.41, 5.74) is 2.05. The van der Waals surface area contributed by atoms with Crippen LogP contribution in [0.2, 0.25) is 0 Å². The number of nitrogens with zero attached hydrogens (tertiary/aromatic N) is 2. The van der Waals surface area contributed by atoms with Gasteiger partial charge in [0.25, 0.3) is 0 Å². The molecule has 0 aromatic heterocycles. The third-order valence-electron chi connectivity index (χ3n) is 5.85. The average molecular weight is 381 g/mol. The summed E-state index contributed by atoms with van der Waals surface area (Å²) >= 11 is 0. The highest BCUT2D eigenvalue weighted by molar-refractivity contribution is 5.78. The third-order valence-corrected chi connectivity index (χ3v) is 5.85. The van der Waals surface area contributed by atoms with Crippen molar-refractivity contribution in [3.05, 3.63) is 71.8 Å². The molecule has 1 aliphatic rings. The maximum absolute atomic E-state index is 13.2. The van der Waals surface area contributed by atoms with Crippen molar-refractivity contribution in [3.63, 3.8) is 0 Å². The zero-order chi connectivity index (χ0) is 20.3. The van der Waals surface area contributed by atoms with E-state index in [9.17, 15) is 9.90 Å². The van der Waals surface area contributed by atoms with Crippen molar-refractivity contribution in [2.75, 3.05) is 7.05 Å². The molecule has 0 bridgehead atoms. The number of aliphatic hydroxyl groups excluding tert-OH is 1. The summed E-state index contributed by atoms with van der Waals surface area (Å²) < 4.78 is 0. The summed E-state index contributed by atoms with van der Waals surface area (Å²) in [6, 6.07) is 20.1. The molecular formula is C24H32N2O2. The van der Waals surface area contributed by atoms with Gasteiger partial charge in [-0.1, -0.05) is 74.5 Å². The van der Waals surface area contributed by atoms with E-state index in [0.29, 0.717) is 12.3 Å². The fraction of sp³-hybridized carbons (Fsp3) is 0.458. The molecular weight excluding hydrogens is 348 g/mol. The van der Waals surface area contributed by atoms with Gasteiger partial charge in [-0.15, -0.1) is 0 Å². The van der Waals surface area contributed by atoms with Gasteiger partial charge in [0.05, 0.1) is 18.2 Å². The molecule has 1 unspecified atom stereocenters. The van der Waals surface area contributed by atoms with E-state index in [1.54, 1.807) is 0 Å². The number of hydrogen-bond donors (Lipinski definition) is 1. The Morgan fingerprint density at radius 3 is 2.11 bits per heavy atom. The minimum atomic E-state index is -0.588. The maximum Gasteiger partial charge on any atom is 0.320 e. The Bertz CT molecular complexity index is 763. The van der Waals surface area contributed by atoms with Gasteiger partial charge in [-0.05, 0) is 36.8 Å². The van der Waals surface area contributed by atoms with Crippen LogP contribution in [0.4, 0.5) is 4.79 Å². The van der Waals surface area contributed by atoms with Crippen LogP contribution in [0.1, 0.15) is 56.9 Å². The van der Waals surface area contributed by atoms with Crippen LogP contribution in [0.5, 0.6) is 0 Å². The van der Waals surface area contributed by atoms with E-state index >= 15 is 0 Å². The first-order valence-corrected chi connectivity index (χ1v) is 10.2. The number of amides is 2. The van der Waals surface area contributed by atoms with Crippen LogP contribution in [-0.2, 0) is 0 Å². The van der Waals surface area contributed by atoms with Gasteiger partial charge in [0, 0.05) is 13.1 Å². The van der Waals surface area contributed by atoms with Crippen molar-refractivity contribution >= 4 is 6.03 Å². The van der Waals surface area contributed by atoms with Crippen LogP contribution in [0, 0.1) is 5.92 Å². The molecule has 0 aliphatic carbocycles. The van der Waals surface area contributed by atoms with E-state index < -0.39 is 6.10 Å². The summed E-state index contributed by atoms with van der Waals surface area (Å²) in [6.45, 7) is 6.45. The third kappa shape index (κ3) is 4.22. The van der Waals surface area contributed by atoms with Gasteiger partial charge in [0.15, 0.2) is 0 Å². The predicted octanol–water partition coefficient (Wildman–Crippen LogP) is 5.02. The zero-order valence-electron chi connectivity index (χ0n) is 17.3. The normalized spacial score (nSPS) is 22.0. The van der Waals surface area contributed by atoms with Crippen molar-refractivity contribution < 1.29 is 9.90 Å². The quantitative estimate of drug-likeness (QED) is 0.733. The largest absolute Gasteiger partial charge is 0.388 e. The molecule has 2 aromatic rings.